The third kappa shape index (κ3) is 7.29. The summed E-state index contributed by atoms with van der Waals surface area (Å²) in [5, 5.41) is 0. The number of benzene rings is 4. The average molecular weight is 815 g/mol. The highest BCUT2D eigenvalue weighted by Crippen LogP contribution is 2.56. The predicted octanol–water partition coefficient (Wildman–Crippen LogP) is 9.58. The van der Waals surface area contributed by atoms with Gasteiger partial charge in [0.2, 0.25) is 5.41 Å². The summed E-state index contributed by atoms with van der Waals surface area (Å²) in [4.78, 5) is 48.4. The molecular formula is C37H18F12N2O6. The molecule has 0 atom stereocenters. The Morgan fingerprint density at radius 1 is 0.386 bits per heavy atom. The number of rotatable bonds is 8. The maximum absolute atomic E-state index is 14.8. The molecule has 296 valence electrons. The Bertz CT molecular complexity index is 2140. The molecular weight excluding hydrogens is 796 g/mol. The number of carbonyl (C=O) groups is 4. The highest BCUT2D eigenvalue weighted by molar-refractivity contribution is 6.29. The summed E-state index contributed by atoms with van der Waals surface area (Å²) in [7, 11) is 0. The minimum atomic E-state index is -6.11. The number of alkyl halides is 12. The van der Waals surface area contributed by atoms with Crippen molar-refractivity contribution in [3.05, 3.63) is 131 Å². The van der Waals surface area contributed by atoms with Crippen LogP contribution in [0.3, 0.4) is 0 Å². The average Bonchev–Trinajstić information content (AvgIpc) is 3.62. The smallest absolute Gasteiger partial charge is 0.418 e. The van der Waals surface area contributed by atoms with Crippen LogP contribution in [0, 0.1) is 0 Å². The van der Waals surface area contributed by atoms with Gasteiger partial charge in [0.25, 0.3) is 23.6 Å². The number of hydrogen-bond donors (Lipinski definition) is 0. The van der Waals surface area contributed by atoms with Gasteiger partial charge in [0.15, 0.2) is 0 Å². The van der Waals surface area contributed by atoms with Gasteiger partial charge in [-0.25, -0.2) is 9.80 Å². The second kappa shape index (κ2) is 13.9. The van der Waals surface area contributed by atoms with Gasteiger partial charge in [-0.3, -0.25) is 19.2 Å². The summed E-state index contributed by atoms with van der Waals surface area (Å²) in [6, 6.07) is 7.90. The van der Waals surface area contributed by atoms with Crippen LogP contribution >= 0.6 is 0 Å². The molecule has 2 heterocycles. The molecule has 0 saturated heterocycles. The Labute approximate surface area is 310 Å². The third-order valence-electron chi connectivity index (χ3n) is 8.54. The van der Waals surface area contributed by atoms with Crippen molar-refractivity contribution in [1.82, 2.24) is 0 Å². The van der Waals surface area contributed by atoms with E-state index in [-0.39, 0.29) is 9.80 Å². The molecule has 0 bridgehead atoms. The van der Waals surface area contributed by atoms with Crippen molar-refractivity contribution in [1.29, 1.82) is 0 Å². The van der Waals surface area contributed by atoms with Gasteiger partial charge >= 0.3 is 24.7 Å². The van der Waals surface area contributed by atoms with Crippen molar-refractivity contribution in [3.8, 4) is 23.0 Å². The van der Waals surface area contributed by atoms with Crippen molar-refractivity contribution in [2.75, 3.05) is 9.80 Å². The molecule has 6 rings (SSSR count). The van der Waals surface area contributed by atoms with Crippen molar-refractivity contribution in [2.24, 2.45) is 0 Å². The zero-order valence-electron chi connectivity index (χ0n) is 27.8. The van der Waals surface area contributed by atoms with E-state index in [1.54, 1.807) is 0 Å². The van der Waals surface area contributed by atoms with E-state index in [1.807, 2.05) is 0 Å². The number of hydrogen-bond acceptors (Lipinski definition) is 6. The summed E-state index contributed by atoms with van der Waals surface area (Å²) in [6.45, 7) is 0. The maximum atomic E-state index is 14.8. The molecule has 0 saturated carbocycles. The molecule has 0 spiro atoms. The highest BCUT2D eigenvalue weighted by atomic mass is 19.4. The molecule has 0 fully saturated rings. The first-order chi connectivity index (χ1) is 26.4. The Balaban J connectivity index is 1.31. The van der Waals surface area contributed by atoms with Crippen molar-refractivity contribution in [3.63, 3.8) is 0 Å². The fourth-order valence-electron chi connectivity index (χ4n) is 6.08. The summed E-state index contributed by atoms with van der Waals surface area (Å²) in [5.41, 5.74) is -12.4. The molecule has 57 heavy (non-hydrogen) atoms. The molecule has 2 aliphatic rings. The van der Waals surface area contributed by atoms with Crippen LogP contribution < -0.4 is 19.3 Å². The van der Waals surface area contributed by atoms with Crippen LogP contribution in [-0.4, -0.2) is 36.0 Å². The largest absolute Gasteiger partial charge is 0.457 e. The fourth-order valence-corrected chi connectivity index (χ4v) is 6.08. The van der Waals surface area contributed by atoms with E-state index >= 15 is 0 Å². The molecule has 0 aliphatic carbocycles. The van der Waals surface area contributed by atoms with Crippen molar-refractivity contribution >= 4 is 35.0 Å². The number of ether oxygens (including phenoxy) is 2. The molecule has 20 heteroatoms. The van der Waals surface area contributed by atoms with E-state index in [0.29, 0.717) is 72.8 Å². The lowest BCUT2D eigenvalue weighted by Crippen LogP contribution is -2.54. The Kier molecular flexibility index (Phi) is 9.74. The van der Waals surface area contributed by atoms with Crippen LogP contribution in [0.25, 0.3) is 0 Å². The number of carbonyl (C=O) groups excluding carboxylic acids is 4. The van der Waals surface area contributed by atoms with Gasteiger partial charge in [-0.15, -0.1) is 0 Å². The third-order valence-corrected chi connectivity index (χ3v) is 8.54. The van der Waals surface area contributed by atoms with Crippen LogP contribution in [0.5, 0.6) is 23.0 Å². The quantitative estimate of drug-likeness (QED) is 0.130. The SMILES string of the molecule is O=C1C=CC(=O)N1c1ccc(Oc2ccc(C(c3ccc(Oc4ccc(N5C(=O)C=CC5=O)c(C(F)(F)F)c4)cc3)(C(F)(F)F)C(F)(F)F)cc2)cc1C(F)(F)F. The summed E-state index contributed by atoms with van der Waals surface area (Å²) in [6.07, 6.45) is -19.6. The van der Waals surface area contributed by atoms with Crippen LogP contribution in [-0.2, 0) is 36.9 Å². The minimum absolute atomic E-state index is 0.233. The van der Waals surface area contributed by atoms with Gasteiger partial charge in [-0.2, -0.15) is 52.7 Å². The first kappa shape index (κ1) is 40.1. The van der Waals surface area contributed by atoms with Crippen LogP contribution in [0.1, 0.15) is 22.3 Å². The molecule has 0 aromatic heterocycles. The van der Waals surface area contributed by atoms with Crippen LogP contribution in [0.4, 0.5) is 64.1 Å². The van der Waals surface area contributed by atoms with Crippen LogP contribution in [0.15, 0.2) is 109 Å². The number of imide groups is 2. The minimum Gasteiger partial charge on any atom is -0.457 e. The summed E-state index contributed by atoms with van der Waals surface area (Å²) in [5.74, 6) is -6.57. The molecule has 0 N–H and O–H groups in total. The Morgan fingerprint density at radius 2 is 0.667 bits per heavy atom. The Hall–Kier alpha value is -6.60. The highest BCUT2D eigenvalue weighted by Gasteiger charge is 2.72. The fraction of sp³-hybridized carbons (Fsp3) is 0.135. The molecule has 4 aromatic carbocycles. The Morgan fingerprint density at radius 3 is 0.930 bits per heavy atom. The molecule has 2 aliphatic heterocycles. The topological polar surface area (TPSA) is 93.2 Å². The molecule has 8 nitrogen and oxygen atoms in total. The number of amides is 4. The zero-order valence-corrected chi connectivity index (χ0v) is 27.8. The predicted molar refractivity (Wildman–Crippen MR) is 172 cm³/mol. The van der Waals surface area contributed by atoms with Gasteiger partial charge in [-0.05, 0) is 71.8 Å². The zero-order chi connectivity index (χ0) is 41.9. The van der Waals surface area contributed by atoms with Crippen LogP contribution in [0.2, 0.25) is 0 Å². The number of anilines is 2. The molecule has 0 unspecified atom stereocenters. The van der Waals surface area contributed by atoms with E-state index in [0.717, 1.165) is 36.4 Å². The first-order valence-electron chi connectivity index (χ1n) is 15.7. The van der Waals surface area contributed by atoms with E-state index in [4.69, 9.17) is 9.47 Å². The van der Waals surface area contributed by atoms with Gasteiger partial charge < -0.3 is 9.47 Å². The van der Waals surface area contributed by atoms with Gasteiger partial charge in [0.1, 0.15) is 23.0 Å². The first-order valence-corrected chi connectivity index (χ1v) is 15.7. The molecule has 4 amide bonds. The summed E-state index contributed by atoms with van der Waals surface area (Å²) < 4.78 is 183. The van der Waals surface area contributed by atoms with Gasteiger partial charge in [0, 0.05) is 24.3 Å². The van der Waals surface area contributed by atoms with E-state index in [1.165, 1.54) is 0 Å². The second-order valence-corrected chi connectivity index (χ2v) is 12.0. The lowest BCUT2D eigenvalue weighted by atomic mass is 9.73. The summed E-state index contributed by atoms with van der Waals surface area (Å²) >= 11 is 0. The monoisotopic (exact) mass is 814 g/mol. The lowest BCUT2D eigenvalue weighted by Gasteiger charge is -2.38. The number of halogens is 12. The second-order valence-electron chi connectivity index (χ2n) is 12.0. The van der Waals surface area contributed by atoms with E-state index < -0.39 is 110 Å². The van der Waals surface area contributed by atoms with E-state index in [2.05, 4.69) is 0 Å². The van der Waals surface area contributed by atoms with Crippen molar-refractivity contribution < 1.29 is 81.3 Å². The van der Waals surface area contributed by atoms with Gasteiger partial charge in [0.05, 0.1) is 22.5 Å². The maximum Gasteiger partial charge on any atom is 0.418 e. The molecule has 0 radical (unpaired) electrons. The lowest BCUT2D eigenvalue weighted by molar-refractivity contribution is -0.288. The standard InChI is InChI=1S/C37H18F12N2O6/c38-34(39,40)25-17-23(9-11-27(25)50-29(52)13-14-30(50)53)56-21-5-1-19(2-6-21)33(36(44,45)46,37(47,48)49)20-3-7-22(8-4-20)57-24-10-12-28(26(18-24)35(41,42)43)51-31(54)15-16-32(51)55/h1-18H. The van der Waals surface area contributed by atoms with Crippen molar-refractivity contribution in [2.45, 2.75) is 30.1 Å². The number of nitrogens with zero attached hydrogens (tertiary/aromatic N) is 2. The molecule has 4 aromatic rings. The van der Waals surface area contributed by atoms with E-state index in [9.17, 15) is 71.9 Å². The normalized spacial score (nSPS) is 15.3. The van der Waals surface area contributed by atoms with Gasteiger partial charge in [-0.1, -0.05) is 24.3 Å².